The average molecular weight is 250 g/mol. The lowest BCUT2D eigenvalue weighted by Crippen LogP contribution is -2.07. The molecule has 1 N–H and O–H groups in total. The van der Waals surface area contributed by atoms with Crippen LogP contribution in [0.15, 0.2) is 30.3 Å². The molecule has 1 atom stereocenters. The second kappa shape index (κ2) is 6.87. The Kier molecular flexibility index (Phi) is 5.79. The zero-order valence-electron chi connectivity index (χ0n) is 11.1. The molecule has 0 spiro atoms. The molecule has 0 radical (unpaired) electrons. The molecule has 0 aliphatic rings. The standard InChI is InChI=1S/C15H22OS/c1-5-14(17-6-2)12-9-7-8-10-13(12)15(16)11(3)4/h5,7-11,15-16H,6H2,1-4H3/b14-5-. The van der Waals surface area contributed by atoms with Gasteiger partial charge in [-0.2, -0.15) is 0 Å². The Morgan fingerprint density at radius 2 is 2.00 bits per heavy atom. The number of hydrogen-bond donors (Lipinski definition) is 1. The van der Waals surface area contributed by atoms with Crippen LogP contribution in [0.4, 0.5) is 0 Å². The highest BCUT2D eigenvalue weighted by molar-refractivity contribution is 8.08. The Balaban J connectivity index is 3.15. The molecule has 0 aromatic heterocycles. The number of rotatable bonds is 5. The molecule has 0 aliphatic heterocycles. The van der Waals surface area contributed by atoms with Crippen LogP contribution in [0.2, 0.25) is 0 Å². The Morgan fingerprint density at radius 3 is 2.53 bits per heavy atom. The van der Waals surface area contributed by atoms with Crippen LogP contribution in [0.3, 0.4) is 0 Å². The molecule has 0 saturated heterocycles. The number of aliphatic hydroxyl groups is 1. The lowest BCUT2D eigenvalue weighted by Gasteiger charge is -2.19. The van der Waals surface area contributed by atoms with E-state index in [0.29, 0.717) is 0 Å². The van der Waals surface area contributed by atoms with Crippen LogP contribution in [0.1, 0.15) is 44.9 Å². The number of aliphatic hydroxyl groups excluding tert-OH is 1. The van der Waals surface area contributed by atoms with Gasteiger partial charge in [0.25, 0.3) is 0 Å². The van der Waals surface area contributed by atoms with Crippen LogP contribution < -0.4 is 0 Å². The SMILES string of the molecule is C/C=C(\SCC)c1ccccc1C(O)C(C)C. The highest BCUT2D eigenvalue weighted by Gasteiger charge is 2.17. The van der Waals surface area contributed by atoms with Gasteiger partial charge in [0.15, 0.2) is 0 Å². The van der Waals surface area contributed by atoms with Gasteiger partial charge in [-0.05, 0) is 29.7 Å². The normalized spacial score (nSPS) is 14.1. The monoisotopic (exact) mass is 250 g/mol. The van der Waals surface area contributed by atoms with Crippen molar-refractivity contribution < 1.29 is 5.11 Å². The number of benzene rings is 1. The predicted octanol–water partition coefficient (Wildman–Crippen LogP) is 4.49. The molecule has 1 rings (SSSR count). The van der Waals surface area contributed by atoms with Crippen LogP contribution in [-0.4, -0.2) is 10.9 Å². The van der Waals surface area contributed by atoms with E-state index in [2.05, 4.69) is 26.0 Å². The van der Waals surface area contributed by atoms with E-state index in [0.717, 1.165) is 11.3 Å². The highest BCUT2D eigenvalue weighted by Crippen LogP contribution is 2.34. The van der Waals surface area contributed by atoms with E-state index in [4.69, 9.17) is 0 Å². The van der Waals surface area contributed by atoms with E-state index in [1.165, 1.54) is 10.5 Å². The second-order valence-electron chi connectivity index (χ2n) is 4.36. The molecule has 0 aliphatic carbocycles. The van der Waals surface area contributed by atoms with Crippen molar-refractivity contribution in [1.29, 1.82) is 0 Å². The minimum Gasteiger partial charge on any atom is -0.388 e. The molecule has 0 bridgehead atoms. The molecule has 0 fully saturated rings. The Morgan fingerprint density at radius 1 is 1.35 bits per heavy atom. The van der Waals surface area contributed by atoms with Crippen molar-refractivity contribution in [3.05, 3.63) is 41.5 Å². The molecule has 1 aromatic rings. The van der Waals surface area contributed by atoms with Crippen molar-refractivity contribution in [1.82, 2.24) is 0 Å². The van der Waals surface area contributed by atoms with Crippen molar-refractivity contribution in [2.24, 2.45) is 5.92 Å². The summed E-state index contributed by atoms with van der Waals surface area (Å²) >= 11 is 1.82. The molecule has 2 heteroatoms. The van der Waals surface area contributed by atoms with Gasteiger partial charge in [-0.15, -0.1) is 11.8 Å². The van der Waals surface area contributed by atoms with Gasteiger partial charge in [0.2, 0.25) is 0 Å². The first kappa shape index (κ1) is 14.3. The third kappa shape index (κ3) is 3.62. The summed E-state index contributed by atoms with van der Waals surface area (Å²) in [5.74, 6) is 1.28. The predicted molar refractivity (Wildman–Crippen MR) is 78.0 cm³/mol. The summed E-state index contributed by atoms with van der Waals surface area (Å²) in [6.07, 6.45) is 1.73. The number of allylic oxidation sites excluding steroid dienone is 1. The maximum Gasteiger partial charge on any atom is 0.0819 e. The zero-order valence-corrected chi connectivity index (χ0v) is 11.9. The number of thioether (sulfide) groups is 1. The molecule has 17 heavy (non-hydrogen) atoms. The van der Waals surface area contributed by atoms with E-state index < -0.39 is 6.10 Å². The molecule has 0 saturated carbocycles. The second-order valence-corrected chi connectivity index (χ2v) is 5.67. The van der Waals surface area contributed by atoms with Gasteiger partial charge in [0.05, 0.1) is 6.10 Å². The molecule has 0 amide bonds. The van der Waals surface area contributed by atoms with E-state index in [-0.39, 0.29) is 5.92 Å². The van der Waals surface area contributed by atoms with Gasteiger partial charge < -0.3 is 5.11 Å². The van der Waals surface area contributed by atoms with Crippen molar-refractivity contribution in [3.8, 4) is 0 Å². The first-order chi connectivity index (χ1) is 8.11. The van der Waals surface area contributed by atoms with E-state index >= 15 is 0 Å². The van der Waals surface area contributed by atoms with Crippen molar-refractivity contribution >= 4 is 16.7 Å². The molecule has 1 aromatic carbocycles. The molecule has 0 heterocycles. The van der Waals surface area contributed by atoms with Crippen LogP contribution in [0.5, 0.6) is 0 Å². The molecular weight excluding hydrogens is 228 g/mol. The fourth-order valence-electron chi connectivity index (χ4n) is 1.81. The molecular formula is C15H22OS. The van der Waals surface area contributed by atoms with Gasteiger partial charge >= 0.3 is 0 Å². The number of hydrogen-bond acceptors (Lipinski definition) is 2. The van der Waals surface area contributed by atoms with Crippen LogP contribution in [-0.2, 0) is 0 Å². The third-order valence-corrected chi connectivity index (χ3v) is 3.79. The molecule has 94 valence electrons. The Labute approximate surface area is 109 Å². The molecule has 1 nitrogen and oxygen atoms in total. The van der Waals surface area contributed by atoms with Gasteiger partial charge in [0.1, 0.15) is 0 Å². The fourth-order valence-corrected chi connectivity index (χ4v) is 2.63. The summed E-state index contributed by atoms with van der Waals surface area (Å²) in [5, 5.41) is 10.3. The van der Waals surface area contributed by atoms with E-state index in [1.807, 2.05) is 43.8 Å². The van der Waals surface area contributed by atoms with Gasteiger partial charge in [-0.25, -0.2) is 0 Å². The summed E-state index contributed by atoms with van der Waals surface area (Å²) < 4.78 is 0. The van der Waals surface area contributed by atoms with Gasteiger partial charge in [0, 0.05) is 4.91 Å². The lowest BCUT2D eigenvalue weighted by molar-refractivity contribution is 0.126. The minimum absolute atomic E-state index is 0.237. The van der Waals surface area contributed by atoms with Crippen molar-refractivity contribution in [2.75, 3.05) is 5.75 Å². The summed E-state index contributed by atoms with van der Waals surface area (Å²) in [6, 6.07) is 8.15. The van der Waals surface area contributed by atoms with Crippen molar-refractivity contribution in [3.63, 3.8) is 0 Å². The summed E-state index contributed by atoms with van der Waals surface area (Å²) in [4.78, 5) is 1.25. The highest BCUT2D eigenvalue weighted by atomic mass is 32.2. The molecule has 1 unspecified atom stereocenters. The maximum absolute atomic E-state index is 10.3. The first-order valence-electron chi connectivity index (χ1n) is 6.18. The van der Waals surface area contributed by atoms with E-state index in [9.17, 15) is 5.11 Å². The van der Waals surface area contributed by atoms with Crippen LogP contribution in [0.25, 0.3) is 4.91 Å². The first-order valence-corrected chi connectivity index (χ1v) is 7.16. The largest absolute Gasteiger partial charge is 0.388 e. The fraction of sp³-hybridized carbons (Fsp3) is 0.467. The topological polar surface area (TPSA) is 20.2 Å². The van der Waals surface area contributed by atoms with E-state index in [1.54, 1.807) is 0 Å². The van der Waals surface area contributed by atoms with Gasteiger partial charge in [-0.1, -0.05) is 51.1 Å². The zero-order chi connectivity index (χ0) is 12.8. The summed E-state index contributed by atoms with van der Waals surface area (Å²) in [7, 11) is 0. The quantitative estimate of drug-likeness (QED) is 0.831. The van der Waals surface area contributed by atoms with Crippen molar-refractivity contribution in [2.45, 2.75) is 33.8 Å². The Bertz CT molecular complexity index is 382. The smallest absolute Gasteiger partial charge is 0.0819 e. The maximum atomic E-state index is 10.3. The Hall–Kier alpha value is -0.730. The van der Waals surface area contributed by atoms with Crippen LogP contribution in [0, 0.1) is 5.92 Å². The average Bonchev–Trinajstić information content (AvgIpc) is 2.35. The lowest BCUT2D eigenvalue weighted by atomic mass is 9.94. The minimum atomic E-state index is -0.390. The summed E-state index contributed by atoms with van der Waals surface area (Å²) in [6.45, 7) is 8.29. The third-order valence-electron chi connectivity index (χ3n) is 2.74. The summed E-state index contributed by atoms with van der Waals surface area (Å²) in [5.41, 5.74) is 2.21. The van der Waals surface area contributed by atoms with Crippen LogP contribution >= 0.6 is 11.8 Å². The van der Waals surface area contributed by atoms with Gasteiger partial charge in [-0.3, -0.25) is 0 Å².